The van der Waals surface area contributed by atoms with E-state index in [0.29, 0.717) is 31.9 Å². The lowest BCUT2D eigenvalue weighted by molar-refractivity contribution is -0.137. The number of alkyl halides is 3. The quantitative estimate of drug-likeness (QED) is 0.654. The standard InChI is InChI=1S/C20H19F3N6O/c21-20(22,23)16-2-1-3-18(13-16)27-8-10-28(11-9-27)19(30)12-15-4-6-17(7-5-15)29-14-24-25-26-29/h1-7,13-14H,8-12H2. The van der Waals surface area contributed by atoms with E-state index >= 15 is 0 Å². The van der Waals surface area contributed by atoms with Gasteiger partial charge in [0, 0.05) is 31.9 Å². The third-order valence-electron chi connectivity index (χ3n) is 5.08. The van der Waals surface area contributed by atoms with Crippen LogP contribution in [0, 0.1) is 0 Å². The number of piperazine rings is 1. The summed E-state index contributed by atoms with van der Waals surface area (Å²) in [5.74, 6) is -0.00568. The Balaban J connectivity index is 1.33. The number of anilines is 1. The van der Waals surface area contributed by atoms with E-state index in [1.54, 1.807) is 11.0 Å². The van der Waals surface area contributed by atoms with Gasteiger partial charge in [0.25, 0.3) is 0 Å². The summed E-state index contributed by atoms with van der Waals surface area (Å²) < 4.78 is 40.3. The topological polar surface area (TPSA) is 67.2 Å². The molecule has 3 aromatic rings. The molecule has 0 unspecified atom stereocenters. The van der Waals surface area contributed by atoms with Gasteiger partial charge in [0.05, 0.1) is 17.7 Å². The van der Waals surface area contributed by atoms with Crippen LogP contribution in [0.15, 0.2) is 54.9 Å². The molecule has 30 heavy (non-hydrogen) atoms. The van der Waals surface area contributed by atoms with Crippen LogP contribution in [0.4, 0.5) is 18.9 Å². The van der Waals surface area contributed by atoms with Gasteiger partial charge >= 0.3 is 6.18 Å². The van der Waals surface area contributed by atoms with E-state index in [0.717, 1.165) is 23.4 Å². The number of nitrogens with zero attached hydrogens (tertiary/aromatic N) is 6. The molecule has 1 aliphatic rings. The van der Waals surface area contributed by atoms with Gasteiger partial charge < -0.3 is 9.80 Å². The Morgan fingerprint density at radius 2 is 1.70 bits per heavy atom. The lowest BCUT2D eigenvalue weighted by Crippen LogP contribution is -2.49. The van der Waals surface area contributed by atoms with Gasteiger partial charge in [0.15, 0.2) is 0 Å². The Labute approximate surface area is 170 Å². The Morgan fingerprint density at radius 1 is 0.967 bits per heavy atom. The van der Waals surface area contributed by atoms with Crippen LogP contribution in [0.1, 0.15) is 11.1 Å². The van der Waals surface area contributed by atoms with Gasteiger partial charge in [-0.05, 0) is 46.3 Å². The van der Waals surface area contributed by atoms with Crippen molar-refractivity contribution in [2.75, 3.05) is 31.1 Å². The van der Waals surface area contributed by atoms with E-state index in [4.69, 9.17) is 0 Å². The van der Waals surface area contributed by atoms with Crippen molar-refractivity contribution in [2.45, 2.75) is 12.6 Å². The molecule has 1 amide bonds. The number of hydrogen-bond acceptors (Lipinski definition) is 5. The largest absolute Gasteiger partial charge is 0.416 e. The third kappa shape index (κ3) is 4.42. The zero-order chi connectivity index (χ0) is 21.1. The number of rotatable bonds is 4. The molecule has 0 atom stereocenters. The molecule has 0 aliphatic carbocycles. The smallest absolute Gasteiger partial charge is 0.368 e. The SMILES string of the molecule is O=C(Cc1ccc(-n2cnnn2)cc1)N1CCN(c2cccc(C(F)(F)F)c2)CC1. The zero-order valence-electron chi connectivity index (χ0n) is 16.0. The number of amides is 1. The van der Waals surface area contributed by atoms with E-state index in [-0.39, 0.29) is 12.3 Å². The second-order valence-electron chi connectivity index (χ2n) is 7.01. The van der Waals surface area contributed by atoms with Crippen LogP contribution in [0.5, 0.6) is 0 Å². The van der Waals surface area contributed by atoms with E-state index < -0.39 is 11.7 Å². The van der Waals surface area contributed by atoms with Crippen molar-refractivity contribution < 1.29 is 18.0 Å². The predicted molar refractivity (Wildman–Crippen MR) is 103 cm³/mol. The van der Waals surface area contributed by atoms with Crippen molar-refractivity contribution in [3.05, 3.63) is 66.0 Å². The molecule has 0 spiro atoms. The molecule has 7 nitrogen and oxygen atoms in total. The van der Waals surface area contributed by atoms with Crippen LogP contribution in [0.3, 0.4) is 0 Å². The van der Waals surface area contributed by atoms with Gasteiger partial charge in [-0.25, -0.2) is 4.68 Å². The first-order valence-electron chi connectivity index (χ1n) is 9.42. The molecule has 1 saturated heterocycles. The first-order chi connectivity index (χ1) is 14.4. The molecule has 2 aromatic carbocycles. The molecule has 1 aliphatic heterocycles. The lowest BCUT2D eigenvalue weighted by Gasteiger charge is -2.36. The van der Waals surface area contributed by atoms with Crippen LogP contribution in [-0.2, 0) is 17.4 Å². The Bertz CT molecular complexity index is 996. The van der Waals surface area contributed by atoms with Gasteiger partial charge in [-0.3, -0.25) is 4.79 Å². The van der Waals surface area contributed by atoms with E-state index in [1.807, 2.05) is 29.2 Å². The molecular formula is C20H19F3N6O. The van der Waals surface area contributed by atoms with Gasteiger partial charge in [-0.2, -0.15) is 13.2 Å². The average molecular weight is 416 g/mol. The fraction of sp³-hybridized carbons (Fsp3) is 0.300. The van der Waals surface area contributed by atoms with Crippen LogP contribution < -0.4 is 4.90 Å². The molecule has 4 rings (SSSR count). The predicted octanol–water partition coefficient (Wildman–Crippen LogP) is 2.57. The number of carbonyl (C=O) groups excluding carboxylic acids is 1. The van der Waals surface area contributed by atoms with Crippen LogP contribution >= 0.6 is 0 Å². The van der Waals surface area contributed by atoms with Gasteiger partial charge in [-0.15, -0.1) is 5.10 Å². The highest BCUT2D eigenvalue weighted by Crippen LogP contribution is 2.31. The Morgan fingerprint density at radius 3 is 2.33 bits per heavy atom. The van der Waals surface area contributed by atoms with Gasteiger partial charge in [0.1, 0.15) is 6.33 Å². The molecule has 0 radical (unpaired) electrons. The molecule has 0 saturated carbocycles. The monoisotopic (exact) mass is 416 g/mol. The summed E-state index contributed by atoms with van der Waals surface area (Å²) in [6, 6.07) is 12.7. The second-order valence-corrected chi connectivity index (χ2v) is 7.01. The van der Waals surface area contributed by atoms with Crippen LogP contribution in [-0.4, -0.2) is 57.2 Å². The average Bonchev–Trinajstić information content (AvgIpc) is 3.29. The van der Waals surface area contributed by atoms with Crippen LogP contribution in [0.2, 0.25) is 0 Å². The van der Waals surface area contributed by atoms with Crippen molar-refractivity contribution in [3.8, 4) is 5.69 Å². The Kier molecular flexibility index (Phi) is 5.39. The summed E-state index contributed by atoms with van der Waals surface area (Å²) in [5.41, 5.74) is 1.53. The number of carbonyl (C=O) groups is 1. The molecule has 0 bridgehead atoms. The van der Waals surface area contributed by atoms with Crippen LogP contribution in [0.25, 0.3) is 5.69 Å². The maximum absolute atomic E-state index is 12.9. The van der Waals surface area contributed by atoms with Crippen molar-refractivity contribution in [1.82, 2.24) is 25.1 Å². The van der Waals surface area contributed by atoms with E-state index in [2.05, 4.69) is 15.5 Å². The number of hydrogen-bond donors (Lipinski definition) is 0. The summed E-state index contributed by atoms with van der Waals surface area (Å²) >= 11 is 0. The minimum Gasteiger partial charge on any atom is -0.368 e. The second kappa shape index (κ2) is 8.13. The van der Waals surface area contributed by atoms with E-state index in [1.165, 1.54) is 17.1 Å². The molecule has 156 valence electrons. The van der Waals surface area contributed by atoms with Crippen molar-refractivity contribution in [2.24, 2.45) is 0 Å². The molecule has 10 heteroatoms. The summed E-state index contributed by atoms with van der Waals surface area (Å²) in [6.07, 6.45) is -2.61. The first kappa shape index (κ1) is 19.9. The minimum atomic E-state index is -4.37. The number of halogens is 3. The number of tetrazole rings is 1. The highest BCUT2D eigenvalue weighted by atomic mass is 19.4. The number of aromatic nitrogens is 4. The molecule has 0 N–H and O–H groups in total. The normalized spacial score (nSPS) is 14.8. The van der Waals surface area contributed by atoms with Crippen molar-refractivity contribution in [1.29, 1.82) is 0 Å². The first-order valence-corrected chi connectivity index (χ1v) is 9.42. The summed E-state index contributed by atoms with van der Waals surface area (Å²) in [5, 5.41) is 11.0. The van der Waals surface area contributed by atoms with Crippen molar-refractivity contribution in [3.63, 3.8) is 0 Å². The summed E-state index contributed by atoms with van der Waals surface area (Å²) in [6.45, 7) is 1.92. The maximum Gasteiger partial charge on any atom is 0.416 e. The third-order valence-corrected chi connectivity index (χ3v) is 5.08. The highest BCUT2D eigenvalue weighted by molar-refractivity contribution is 5.79. The van der Waals surface area contributed by atoms with E-state index in [9.17, 15) is 18.0 Å². The fourth-order valence-electron chi connectivity index (χ4n) is 3.43. The molecule has 1 fully saturated rings. The van der Waals surface area contributed by atoms with Gasteiger partial charge in [0.2, 0.25) is 5.91 Å². The Hall–Kier alpha value is -3.43. The highest BCUT2D eigenvalue weighted by Gasteiger charge is 2.31. The minimum absolute atomic E-state index is 0.00568. The molecular weight excluding hydrogens is 397 g/mol. The van der Waals surface area contributed by atoms with Crippen molar-refractivity contribution >= 4 is 11.6 Å². The maximum atomic E-state index is 12.9. The molecule has 2 heterocycles. The number of benzene rings is 2. The fourth-order valence-corrected chi connectivity index (χ4v) is 3.43. The zero-order valence-corrected chi connectivity index (χ0v) is 16.0. The van der Waals surface area contributed by atoms with Gasteiger partial charge in [-0.1, -0.05) is 18.2 Å². The summed E-state index contributed by atoms with van der Waals surface area (Å²) in [7, 11) is 0. The molecule has 1 aromatic heterocycles. The lowest BCUT2D eigenvalue weighted by atomic mass is 10.1. The summed E-state index contributed by atoms with van der Waals surface area (Å²) in [4.78, 5) is 16.3.